The fraction of sp³-hybridized carbons (Fsp3) is 0.800. The van der Waals surface area contributed by atoms with E-state index in [1.807, 2.05) is 13.8 Å². The Labute approximate surface area is 266 Å². The SMILES string of the molecule is CCC1(CC)C[C@@H](C(=O)NC(C[C@@H]2CCNC2=O)C(=O)C(=O)NC(C)C)N(C(=O)C(CN2CCC(C(F)(F)F)CC2)NC(=O)O)C1. The van der Waals surface area contributed by atoms with Crippen molar-refractivity contribution in [3.63, 3.8) is 0 Å². The van der Waals surface area contributed by atoms with Crippen molar-refractivity contribution in [2.45, 2.75) is 103 Å². The zero-order chi connectivity index (χ0) is 34.4. The predicted octanol–water partition coefficient (Wildman–Crippen LogP) is 1.41. The van der Waals surface area contributed by atoms with Crippen molar-refractivity contribution in [1.82, 2.24) is 31.1 Å². The Hall–Kier alpha value is -3.43. The molecule has 13 nitrogen and oxygen atoms in total. The number of ketones is 1. The quantitative estimate of drug-likeness (QED) is 0.184. The first-order chi connectivity index (χ1) is 21.5. The van der Waals surface area contributed by atoms with Crippen molar-refractivity contribution in [2.24, 2.45) is 17.3 Å². The average molecular weight is 661 g/mol. The van der Waals surface area contributed by atoms with Crippen LogP contribution in [0.2, 0.25) is 0 Å². The van der Waals surface area contributed by atoms with Crippen LogP contribution in [0.3, 0.4) is 0 Å². The van der Waals surface area contributed by atoms with Crippen LogP contribution in [-0.2, 0) is 24.0 Å². The Kier molecular flexibility index (Phi) is 12.4. The summed E-state index contributed by atoms with van der Waals surface area (Å²) in [5, 5.41) is 19.5. The van der Waals surface area contributed by atoms with E-state index < -0.39 is 71.2 Å². The molecule has 3 rings (SSSR count). The van der Waals surface area contributed by atoms with E-state index in [0.29, 0.717) is 25.8 Å². The molecule has 3 saturated heterocycles. The van der Waals surface area contributed by atoms with Crippen LogP contribution in [0.5, 0.6) is 0 Å². The second kappa shape index (κ2) is 15.4. The van der Waals surface area contributed by atoms with Crippen molar-refractivity contribution in [3.8, 4) is 0 Å². The van der Waals surface area contributed by atoms with Crippen LogP contribution in [-0.4, -0.2) is 113 Å². The van der Waals surface area contributed by atoms with E-state index in [9.17, 15) is 47.0 Å². The smallest absolute Gasteiger partial charge is 0.405 e. The minimum atomic E-state index is -4.34. The van der Waals surface area contributed by atoms with Crippen LogP contribution in [0.15, 0.2) is 0 Å². The van der Waals surface area contributed by atoms with Crippen molar-refractivity contribution < 1.29 is 47.0 Å². The number of carbonyl (C=O) groups is 6. The topological polar surface area (TPSA) is 177 Å². The van der Waals surface area contributed by atoms with Gasteiger partial charge < -0.3 is 36.2 Å². The average Bonchev–Trinajstić information content (AvgIpc) is 3.58. The van der Waals surface area contributed by atoms with Crippen molar-refractivity contribution in [1.29, 1.82) is 0 Å². The fourth-order valence-corrected chi connectivity index (χ4v) is 6.67. The molecule has 2 unspecified atom stereocenters. The van der Waals surface area contributed by atoms with E-state index in [0.717, 1.165) is 0 Å². The maximum Gasteiger partial charge on any atom is 0.405 e. The summed E-state index contributed by atoms with van der Waals surface area (Å²) in [5.74, 6) is -5.66. The number of rotatable bonds is 13. The zero-order valence-electron chi connectivity index (χ0n) is 26.9. The van der Waals surface area contributed by atoms with Crippen molar-refractivity contribution in [2.75, 3.05) is 32.7 Å². The monoisotopic (exact) mass is 660 g/mol. The Balaban J connectivity index is 1.85. The van der Waals surface area contributed by atoms with Gasteiger partial charge in [0.05, 0.1) is 12.0 Å². The molecule has 0 saturated carbocycles. The van der Waals surface area contributed by atoms with E-state index in [4.69, 9.17) is 0 Å². The molecule has 0 bridgehead atoms. The third-order valence-corrected chi connectivity index (χ3v) is 9.64. The number of Topliss-reactive ketones (excluding diaryl/α,β-unsaturated/α-hetero) is 1. The molecule has 0 aromatic carbocycles. The van der Waals surface area contributed by atoms with Gasteiger partial charge in [0.2, 0.25) is 23.5 Å². The number of likely N-dealkylation sites (tertiary alicyclic amines) is 2. The maximum atomic E-state index is 14.0. The summed E-state index contributed by atoms with van der Waals surface area (Å²) >= 11 is 0. The van der Waals surface area contributed by atoms with Gasteiger partial charge in [0.1, 0.15) is 12.1 Å². The third kappa shape index (κ3) is 9.32. The first-order valence-corrected chi connectivity index (χ1v) is 16.0. The second-order valence-corrected chi connectivity index (χ2v) is 13.1. The lowest BCUT2D eigenvalue weighted by Crippen LogP contribution is -2.59. The molecule has 5 amide bonds. The highest BCUT2D eigenvalue weighted by molar-refractivity contribution is 6.38. The lowest BCUT2D eigenvalue weighted by molar-refractivity contribution is -0.185. The van der Waals surface area contributed by atoms with E-state index in [2.05, 4.69) is 21.3 Å². The number of alkyl halides is 3. The molecule has 16 heteroatoms. The molecule has 5 N–H and O–H groups in total. The van der Waals surface area contributed by atoms with Gasteiger partial charge in [0, 0.05) is 31.6 Å². The number of amides is 5. The summed E-state index contributed by atoms with van der Waals surface area (Å²) in [6.07, 6.45) is -4.53. The predicted molar refractivity (Wildman–Crippen MR) is 159 cm³/mol. The van der Waals surface area contributed by atoms with Crippen LogP contribution >= 0.6 is 0 Å². The summed E-state index contributed by atoms with van der Waals surface area (Å²) < 4.78 is 39.6. The molecule has 0 aromatic rings. The van der Waals surface area contributed by atoms with Crippen LogP contribution in [0, 0.1) is 17.3 Å². The van der Waals surface area contributed by atoms with Gasteiger partial charge in [-0.2, -0.15) is 13.2 Å². The van der Waals surface area contributed by atoms with Crippen molar-refractivity contribution in [3.05, 3.63) is 0 Å². The Morgan fingerprint density at radius 1 is 1.00 bits per heavy atom. The first kappa shape index (κ1) is 37.0. The number of hydrogen-bond acceptors (Lipinski definition) is 7. The summed E-state index contributed by atoms with van der Waals surface area (Å²) in [5.41, 5.74) is -0.504. The zero-order valence-corrected chi connectivity index (χ0v) is 26.9. The largest absolute Gasteiger partial charge is 0.465 e. The van der Waals surface area contributed by atoms with Gasteiger partial charge in [-0.3, -0.25) is 24.0 Å². The molecular weight excluding hydrogens is 613 g/mol. The number of nitrogens with one attached hydrogen (secondary N) is 4. The molecule has 3 fully saturated rings. The molecule has 3 heterocycles. The molecule has 3 aliphatic rings. The highest BCUT2D eigenvalue weighted by atomic mass is 19.4. The molecule has 46 heavy (non-hydrogen) atoms. The van der Waals surface area contributed by atoms with E-state index in [1.165, 1.54) is 4.90 Å². The van der Waals surface area contributed by atoms with Gasteiger partial charge in [-0.05, 0) is 77.3 Å². The molecule has 260 valence electrons. The van der Waals surface area contributed by atoms with Gasteiger partial charge in [0.15, 0.2) is 0 Å². The fourth-order valence-electron chi connectivity index (χ4n) is 6.67. The van der Waals surface area contributed by atoms with Gasteiger partial charge in [-0.25, -0.2) is 4.79 Å². The Morgan fingerprint density at radius 3 is 2.13 bits per heavy atom. The molecule has 0 aromatic heterocycles. The number of carboxylic acid groups (broad SMARTS) is 1. The summed E-state index contributed by atoms with van der Waals surface area (Å²) in [7, 11) is 0. The van der Waals surface area contributed by atoms with Gasteiger partial charge in [-0.15, -0.1) is 0 Å². The van der Waals surface area contributed by atoms with E-state index in [-0.39, 0.29) is 63.8 Å². The molecule has 0 radical (unpaired) electrons. The molecule has 0 spiro atoms. The summed E-state index contributed by atoms with van der Waals surface area (Å²) in [4.78, 5) is 80.8. The van der Waals surface area contributed by atoms with Crippen LogP contribution in [0.25, 0.3) is 0 Å². The maximum absolute atomic E-state index is 14.0. The number of piperidine rings is 1. The van der Waals surface area contributed by atoms with E-state index in [1.54, 1.807) is 18.7 Å². The lowest BCUT2D eigenvalue weighted by Gasteiger charge is -2.36. The molecule has 0 aliphatic carbocycles. The molecule has 3 aliphatic heterocycles. The van der Waals surface area contributed by atoms with Crippen LogP contribution < -0.4 is 21.3 Å². The van der Waals surface area contributed by atoms with Gasteiger partial charge in [-0.1, -0.05) is 13.8 Å². The Bertz CT molecular complexity index is 1150. The minimum absolute atomic E-state index is 0.0179. The second-order valence-electron chi connectivity index (χ2n) is 13.1. The standard InChI is InChI=1S/C30H47F3N6O7/c1-5-29(6-2)14-22(25(42)36-20(13-18-7-10-34-24(18)41)23(40)26(43)35-17(3)4)39(16-29)27(44)21(37-28(45)46)15-38-11-8-19(9-12-38)30(31,32)33/h17-22,37H,5-16H2,1-4H3,(H,34,41)(H,35,43)(H,36,42)(H,45,46)/t18-,20?,21?,22-/m0/s1. The summed E-state index contributed by atoms with van der Waals surface area (Å²) in [6, 6.07) is -4.20. The number of nitrogens with zero attached hydrogens (tertiary/aromatic N) is 2. The third-order valence-electron chi connectivity index (χ3n) is 9.64. The lowest BCUT2D eigenvalue weighted by atomic mass is 9.80. The normalized spacial score (nSPS) is 23.5. The first-order valence-electron chi connectivity index (χ1n) is 16.0. The highest BCUT2D eigenvalue weighted by Gasteiger charge is 2.49. The number of carbonyl (C=O) groups excluding carboxylic acids is 5. The highest BCUT2D eigenvalue weighted by Crippen LogP contribution is 2.41. The molecular formula is C30H47F3N6O7. The Morgan fingerprint density at radius 2 is 1.63 bits per heavy atom. The van der Waals surface area contributed by atoms with Gasteiger partial charge >= 0.3 is 12.3 Å². The molecule has 4 atom stereocenters. The minimum Gasteiger partial charge on any atom is -0.465 e. The van der Waals surface area contributed by atoms with Crippen LogP contribution in [0.1, 0.15) is 72.6 Å². The van der Waals surface area contributed by atoms with Gasteiger partial charge in [0.25, 0.3) is 5.91 Å². The van der Waals surface area contributed by atoms with Crippen molar-refractivity contribution >= 4 is 35.5 Å². The number of halogens is 3. The van der Waals surface area contributed by atoms with Crippen LogP contribution in [0.4, 0.5) is 18.0 Å². The number of hydrogen-bond donors (Lipinski definition) is 5. The van der Waals surface area contributed by atoms with E-state index >= 15 is 0 Å². The summed E-state index contributed by atoms with van der Waals surface area (Å²) in [6.45, 7) is 7.51.